The van der Waals surface area contributed by atoms with E-state index < -0.39 is 0 Å². The van der Waals surface area contributed by atoms with Crippen LogP contribution in [-0.4, -0.2) is 49.2 Å². The predicted octanol–water partition coefficient (Wildman–Crippen LogP) is 29.7. The number of benzene rings is 16. The molecule has 586 valence electrons. The van der Waals surface area contributed by atoms with Gasteiger partial charge in [0.25, 0.3) is 22.2 Å². The first kappa shape index (κ1) is 83.6. The second kappa shape index (κ2) is 36.7. The normalized spacial score (nSPS) is 11.1. The molecule has 24 rings (SSSR count). The summed E-state index contributed by atoms with van der Waals surface area (Å²) < 4.78 is 8.99. The Labute approximate surface area is 764 Å². The lowest BCUT2D eigenvalue weighted by Crippen LogP contribution is -2.13. The van der Waals surface area contributed by atoms with Crippen LogP contribution < -0.4 is 22.2 Å². The molecule has 24 aromatic rings. The summed E-state index contributed by atoms with van der Waals surface area (Å²) in [6, 6.07) is 109. The zero-order chi connectivity index (χ0) is 83.6. The minimum atomic E-state index is -0.0544. The van der Waals surface area contributed by atoms with Crippen LogP contribution in [0.2, 0.25) is 0 Å². The van der Waals surface area contributed by atoms with Crippen LogP contribution in [0.4, 0.5) is 0 Å². The van der Waals surface area contributed by atoms with Crippen LogP contribution in [0.25, 0.3) is 197 Å². The molecule has 0 aliphatic heterocycles. The lowest BCUT2D eigenvalue weighted by atomic mass is 9.86. The summed E-state index contributed by atoms with van der Waals surface area (Å²) in [5.74, 6) is 3.62. The molecular weight excluding hydrogens is 2150 g/mol. The van der Waals surface area contributed by atoms with Gasteiger partial charge in [-0.3, -0.25) is 36.8 Å². The number of imidazole rings is 4. The van der Waals surface area contributed by atoms with E-state index in [2.05, 4.69) is 285 Å². The number of rotatable bonds is 4. The summed E-state index contributed by atoms with van der Waals surface area (Å²) in [7, 11) is 0. The zero-order valence-corrected chi connectivity index (χ0v) is 79.0. The molecule has 8 heterocycles. The van der Waals surface area contributed by atoms with Crippen molar-refractivity contribution in [2.24, 2.45) is 0 Å². The average molecular weight is 2210 g/mol. The van der Waals surface area contributed by atoms with Crippen molar-refractivity contribution in [1.82, 2.24) is 37.5 Å². The van der Waals surface area contributed by atoms with Gasteiger partial charge in [0.15, 0.2) is 0 Å². The first-order valence-electron chi connectivity index (χ1n) is 37.3. The first-order valence-corrected chi connectivity index (χ1v) is 53.2. The molecule has 16 aromatic carbocycles. The highest BCUT2D eigenvalue weighted by atomic mass is 80.9. The second-order valence-electron chi connectivity index (χ2n) is 27.5. The van der Waals surface area contributed by atoms with Crippen LogP contribution in [0, 0.1) is 0 Å². The van der Waals surface area contributed by atoms with Crippen molar-refractivity contribution < 1.29 is 0 Å². The first-order chi connectivity index (χ1) is 59.1. The summed E-state index contributed by atoms with van der Waals surface area (Å²) in [4.78, 5) is 72.9. The predicted molar refractivity (Wildman–Crippen MR) is 541 cm³/mol. The largest absolute Gasteiger partial charge is 0.268 e. The molecule has 0 N–H and O–H groups in total. The highest BCUT2D eigenvalue weighted by Gasteiger charge is 2.26. The standard InChI is InChI=1S/C42H26N2O.2C18H9BrN2O.C18H10N2O.2CH3Br.3Br2/c45-42-34-23-13-22-32-31(27-14-5-1-6-15-27)24-25-33(39(32)34)41-43-40-36(44(41)42)26-35(28-16-7-2-8-17-28)37(29-18-9-3-10-19-29)38(40)30-20-11-4-12-21-30;19-13-9-8-11-16-10(13)4-3-5-12(16)18(22)21-15-7-2-1-6-14(15)20-17(11)21;19-13-9-8-12-16-10(13)4-3-5-11(16)17-20-14-6-1-2-7-15(14)21(17)18(12)22;21-18-13-8-4-6-11-5-3-7-12(16(11)13)17-19-14-9-1-2-10-15(14)20(17)18;5*1-2/h1-26H;2*1-9H;1-10H;2*1H3;;;. The van der Waals surface area contributed by atoms with E-state index in [1.54, 1.807) is 13.2 Å². The Hall–Kier alpha value is -10.1. The molecule has 0 amide bonds. The minimum Gasteiger partial charge on any atom is -0.268 e. The van der Waals surface area contributed by atoms with Gasteiger partial charge in [-0.1, -0.05) is 300 Å². The second-order valence-corrected chi connectivity index (χ2v) is 29.2. The number of aromatic nitrogens is 8. The van der Waals surface area contributed by atoms with Gasteiger partial charge in [0.05, 0.1) is 44.1 Å². The van der Waals surface area contributed by atoms with E-state index in [9.17, 15) is 19.2 Å². The van der Waals surface area contributed by atoms with E-state index in [-0.39, 0.29) is 22.2 Å². The Morgan fingerprint density at radius 1 is 0.233 bits per heavy atom. The number of alkyl halides is 2. The Morgan fingerprint density at radius 2 is 0.525 bits per heavy atom. The number of hydrogen-bond acceptors (Lipinski definition) is 8. The summed E-state index contributed by atoms with van der Waals surface area (Å²) in [6.45, 7) is 0. The van der Waals surface area contributed by atoms with Gasteiger partial charge in [-0.25, -0.2) is 19.9 Å². The van der Waals surface area contributed by atoms with E-state index in [0.717, 1.165) is 195 Å². The SMILES string of the molecule is BrBr.BrBr.BrBr.CBr.CBr.O=c1c2ccc(Br)c3cccc(c32)c2nc3ccccc3n12.O=c1c2cccc3c(-c4ccccc4)ccc(c32)c2nc3c(-c4ccccc4)c(-c4ccccc4)c(-c4ccccc4)cc3n12.O=c1c2cccc3c(Br)ccc(c32)c2nc3ccccc3n12.O=c1c2cccc3cccc(c32)c2nc3ccccc3n12. The molecule has 120 heavy (non-hydrogen) atoms. The molecular formula is C98H60Br10N8O4. The van der Waals surface area contributed by atoms with Gasteiger partial charge in [0.2, 0.25) is 0 Å². The molecule has 0 fully saturated rings. The molecule has 0 unspecified atom stereocenters. The molecule has 0 aliphatic carbocycles. The highest BCUT2D eigenvalue weighted by molar-refractivity contribution is 9.93. The van der Waals surface area contributed by atoms with Gasteiger partial charge in [0.1, 0.15) is 22.6 Å². The molecule has 22 heteroatoms. The van der Waals surface area contributed by atoms with Crippen molar-refractivity contribution in [1.29, 1.82) is 0 Å². The van der Waals surface area contributed by atoms with Crippen molar-refractivity contribution in [2.45, 2.75) is 0 Å². The quantitative estimate of drug-likeness (QED) is 0.159. The number of para-hydroxylation sites is 6. The van der Waals surface area contributed by atoms with Crippen LogP contribution >= 0.6 is 148 Å². The maximum atomic E-state index is 14.6. The Kier molecular flexibility index (Phi) is 25.6. The summed E-state index contributed by atoms with van der Waals surface area (Å²) in [5.41, 5.74) is 18.2. The average Bonchev–Trinajstić information content (AvgIpc) is 1.52. The molecule has 0 atom stereocenters. The van der Waals surface area contributed by atoms with E-state index in [4.69, 9.17) is 4.98 Å². The third-order valence-electron chi connectivity index (χ3n) is 21.5. The number of nitrogens with zero attached hydrogens (tertiary/aromatic N) is 8. The van der Waals surface area contributed by atoms with Crippen molar-refractivity contribution in [3.63, 3.8) is 0 Å². The van der Waals surface area contributed by atoms with Crippen LogP contribution in [0.15, 0.2) is 356 Å². The highest BCUT2D eigenvalue weighted by Crippen LogP contribution is 2.47. The van der Waals surface area contributed by atoms with E-state index in [0.29, 0.717) is 11.0 Å². The maximum absolute atomic E-state index is 14.6. The van der Waals surface area contributed by atoms with Gasteiger partial charge in [-0.2, -0.15) is 0 Å². The number of halogens is 10. The fraction of sp³-hybridized carbons (Fsp3) is 0.0204. The molecule has 0 saturated heterocycles. The molecule has 0 radical (unpaired) electrons. The number of hydrogen-bond donors (Lipinski definition) is 0. The molecule has 0 bridgehead atoms. The van der Waals surface area contributed by atoms with Gasteiger partial charge in [-0.05, 0) is 163 Å². The molecule has 0 saturated carbocycles. The fourth-order valence-corrected chi connectivity index (χ4v) is 17.7. The minimum absolute atomic E-state index is 0.00278. The maximum Gasteiger partial charge on any atom is 0.264 e. The van der Waals surface area contributed by atoms with E-state index in [1.807, 2.05) is 222 Å². The van der Waals surface area contributed by atoms with Crippen LogP contribution in [0.3, 0.4) is 0 Å². The Balaban J connectivity index is 0.000000122. The van der Waals surface area contributed by atoms with Gasteiger partial charge in [0, 0.05) is 164 Å². The molecule has 0 spiro atoms. The van der Waals surface area contributed by atoms with Crippen molar-refractivity contribution in [2.75, 3.05) is 11.7 Å². The number of pyridine rings is 4. The Morgan fingerprint density at radius 3 is 0.967 bits per heavy atom. The summed E-state index contributed by atoms with van der Waals surface area (Å²) >= 11 is 29.5. The Bertz CT molecular complexity index is 8040. The third-order valence-corrected chi connectivity index (χ3v) is 22.9. The number of fused-ring (bicyclic) bond motifs is 16. The smallest absolute Gasteiger partial charge is 0.264 e. The van der Waals surface area contributed by atoms with Crippen molar-refractivity contribution in [3.05, 3.63) is 378 Å². The van der Waals surface area contributed by atoms with Gasteiger partial charge >= 0.3 is 0 Å². The van der Waals surface area contributed by atoms with Gasteiger partial charge < -0.3 is 0 Å². The van der Waals surface area contributed by atoms with Crippen LogP contribution in [-0.2, 0) is 0 Å². The van der Waals surface area contributed by atoms with Crippen molar-refractivity contribution in [3.8, 4) is 44.5 Å². The monoisotopic (exact) mass is 2200 g/mol. The molecule has 0 aliphatic rings. The lowest BCUT2D eigenvalue weighted by Gasteiger charge is -2.17. The summed E-state index contributed by atoms with van der Waals surface area (Å²) in [5, 5.41) is 15.0. The topological polar surface area (TPSA) is 137 Å². The molecule has 8 aromatic heterocycles. The zero-order valence-electron chi connectivity index (χ0n) is 63.2. The van der Waals surface area contributed by atoms with E-state index >= 15 is 0 Å². The summed E-state index contributed by atoms with van der Waals surface area (Å²) in [6.07, 6.45) is 0. The van der Waals surface area contributed by atoms with Gasteiger partial charge in [-0.15, -0.1) is 0 Å². The van der Waals surface area contributed by atoms with Crippen LogP contribution in [0.5, 0.6) is 0 Å². The molecule has 12 nitrogen and oxygen atoms in total. The third kappa shape index (κ3) is 14.5. The van der Waals surface area contributed by atoms with Crippen molar-refractivity contribution >= 4 is 301 Å². The lowest BCUT2D eigenvalue weighted by molar-refractivity contribution is 1.19. The van der Waals surface area contributed by atoms with Crippen LogP contribution in [0.1, 0.15) is 0 Å². The van der Waals surface area contributed by atoms with E-state index in [1.165, 1.54) is 0 Å². The fourth-order valence-electron chi connectivity index (χ4n) is 16.8.